The Morgan fingerprint density at radius 3 is 2.20 bits per heavy atom. The van der Waals surface area contributed by atoms with E-state index in [2.05, 4.69) is 0 Å². The molecule has 1 rings (SSSR count). The maximum atomic E-state index is 12.5. The highest BCUT2D eigenvalue weighted by molar-refractivity contribution is 7.89. The molecule has 0 unspecified atom stereocenters. The fourth-order valence-electron chi connectivity index (χ4n) is 2.03. The van der Waals surface area contributed by atoms with Crippen LogP contribution in [0.25, 0.3) is 0 Å². The molecule has 0 radical (unpaired) electrons. The molecular weight excluding hydrogens is 298 g/mol. The molecule has 0 N–H and O–H groups in total. The zero-order valence-corrected chi connectivity index (χ0v) is 13.7. The molecule has 0 heterocycles. The first-order chi connectivity index (χ1) is 9.47. The van der Waals surface area contributed by atoms with E-state index in [4.69, 9.17) is 16.3 Å². The molecule has 0 saturated carbocycles. The van der Waals surface area contributed by atoms with E-state index in [0.29, 0.717) is 18.2 Å². The summed E-state index contributed by atoms with van der Waals surface area (Å²) in [5.74, 6) is 1.02. The summed E-state index contributed by atoms with van der Waals surface area (Å²) in [6, 6.07) is 6.46. The first-order valence-corrected chi connectivity index (χ1v) is 8.71. The summed E-state index contributed by atoms with van der Waals surface area (Å²) in [7, 11) is -1.82. The van der Waals surface area contributed by atoms with Gasteiger partial charge in [0.15, 0.2) is 0 Å². The first-order valence-electron chi connectivity index (χ1n) is 6.74. The fraction of sp³-hybridized carbons (Fsp3) is 0.571. The topological polar surface area (TPSA) is 46.6 Å². The SMILES string of the molecule is CCC(CC)N(C)S(=O)(=O)c1ccc(OCCCl)cc1. The smallest absolute Gasteiger partial charge is 0.243 e. The van der Waals surface area contributed by atoms with Crippen LogP contribution in [-0.2, 0) is 10.0 Å². The summed E-state index contributed by atoms with van der Waals surface area (Å²) in [6.07, 6.45) is 1.59. The van der Waals surface area contributed by atoms with Crippen LogP contribution in [0.4, 0.5) is 0 Å². The maximum absolute atomic E-state index is 12.5. The minimum atomic E-state index is -3.45. The Labute approximate surface area is 126 Å². The number of rotatable bonds is 8. The van der Waals surface area contributed by atoms with Crippen molar-refractivity contribution in [1.82, 2.24) is 4.31 Å². The number of halogens is 1. The standard InChI is InChI=1S/C14H22ClNO3S/c1-4-12(5-2)16(3)20(17,18)14-8-6-13(7-9-14)19-11-10-15/h6-9,12H,4-5,10-11H2,1-3H3. The molecule has 20 heavy (non-hydrogen) atoms. The number of alkyl halides is 1. The Bertz CT molecular complexity index is 498. The van der Waals surface area contributed by atoms with E-state index in [0.717, 1.165) is 12.8 Å². The molecule has 1 aromatic rings. The Kier molecular flexibility index (Phi) is 6.79. The van der Waals surface area contributed by atoms with Crippen LogP contribution in [0.15, 0.2) is 29.2 Å². The summed E-state index contributed by atoms with van der Waals surface area (Å²) in [6.45, 7) is 4.38. The molecule has 0 amide bonds. The molecule has 0 aromatic heterocycles. The summed E-state index contributed by atoms with van der Waals surface area (Å²) in [5.41, 5.74) is 0. The van der Waals surface area contributed by atoms with Gasteiger partial charge < -0.3 is 4.74 Å². The van der Waals surface area contributed by atoms with E-state index in [-0.39, 0.29) is 10.9 Å². The quantitative estimate of drug-likeness (QED) is 0.692. The summed E-state index contributed by atoms with van der Waals surface area (Å²) in [5, 5.41) is 0. The number of ether oxygens (including phenoxy) is 1. The molecule has 0 aliphatic rings. The molecule has 4 nitrogen and oxygen atoms in total. The van der Waals surface area contributed by atoms with Crippen molar-refractivity contribution in [2.45, 2.75) is 37.6 Å². The van der Waals surface area contributed by atoms with Gasteiger partial charge in [0.25, 0.3) is 0 Å². The van der Waals surface area contributed by atoms with Crippen molar-refractivity contribution in [3.8, 4) is 5.75 Å². The third kappa shape index (κ3) is 4.11. The van der Waals surface area contributed by atoms with E-state index >= 15 is 0 Å². The van der Waals surface area contributed by atoms with Gasteiger partial charge in [-0.05, 0) is 37.1 Å². The molecular formula is C14H22ClNO3S. The van der Waals surface area contributed by atoms with Gasteiger partial charge in [-0.2, -0.15) is 4.31 Å². The molecule has 0 saturated heterocycles. The Hall–Kier alpha value is -0.780. The van der Waals surface area contributed by atoms with Crippen molar-refractivity contribution >= 4 is 21.6 Å². The average molecular weight is 320 g/mol. The average Bonchev–Trinajstić information content (AvgIpc) is 2.46. The van der Waals surface area contributed by atoms with Gasteiger partial charge in [0, 0.05) is 13.1 Å². The Balaban J connectivity index is 2.92. The van der Waals surface area contributed by atoms with Gasteiger partial charge in [-0.15, -0.1) is 11.6 Å². The zero-order valence-electron chi connectivity index (χ0n) is 12.2. The second-order valence-electron chi connectivity index (χ2n) is 4.50. The van der Waals surface area contributed by atoms with Crippen molar-refractivity contribution in [2.75, 3.05) is 19.5 Å². The van der Waals surface area contributed by atoms with Crippen LogP contribution < -0.4 is 4.74 Å². The first kappa shape index (κ1) is 17.3. The van der Waals surface area contributed by atoms with Crippen LogP contribution in [0.2, 0.25) is 0 Å². The molecule has 6 heteroatoms. The molecule has 0 atom stereocenters. The fourth-order valence-corrected chi connectivity index (χ4v) is 3.61. The largest absolute Gasteiger partial charge is 0.492 e. The van der Waals surface area contributed by atoms with E-state index in [1.165, 1.54) is 4.31 Å². The highest BCUT2D eigenvalue weighted by atomic mass is 35.5. The lowest BCUT2D eigenvalue weighted by molar-refractivity contribution is 0.342. The van der Waals surface area contributed by atoms with Gasteiger partial charge in [-0.25, -0.2) is 8.42 Å². The van der Waals surface area contributed by atoms with Crippen LogP contribution in [0, 0.1) is 0 Å². The van der Waals surface area contributed by atoms with Crippen LogP contribution in [-0.4, -0.2) is 38.3 Å². The second kappa shape index (κ2) is 7.86. The lowest BCUT2D eigenvalue weighted by Gasteiger charge is -2.25. The number of hydrogen-bond donors (Lipinski definition) is 0. The van der Waals surface area contributed by atoms with E-state index in [1.807, 2.05) is 13.8 Å². The zero-order chi connectivity index (χ0) is 15.2. The molecule has 114 valence electrons. The molecule has 1 aromatic carbocycles. The minimum absolute atomic E-state index is 0.0205. The highest BCUT2D eigenvalue weighted by Gasteiger charge is 2.25. The maximum Gasteiger partial charge on any atom is 0.243 e. The lowest BCUT2D eigenvalue weighted by atomic mass is 10.2. The Morgan fingerprint density at radius 2 is 1.75 bits per heavy atom. The summed E-state index contributed by atoms with van der Waals surface area (Å²) >= 11 is 5.54. The molecule has 0 aliphatic carbocycles. The van der Waals surface area contributed by atoms with Gasteiger partial charge in [-0.3, -0.25) is 0 Å². The predicted molar refractivity (Wildman–Crippen MR) is 82.0 cm³/mol. The third-order valence-corrected chi connectivity index (χ3v) is 5.38. The van der Waals surface area contributed by atoms with Gasteiger partial charge >= 0.3 is 0 Å². The minimum Gasteiger partial charge on any atom is -0.492 e. The van der Waals surface area contributed by atoms with Crippen molar-refractivity contribution in [3.63, 3.8) is 0 Å². The van der Waals surface area contributed by atoms with Crippen LogP contribution >= 0.6 is 11.6 Å². The highest BCUT2D eigenvalue weighted by Crippen LogP contribution is 2.22. The number of benzene rings is 1. The van der Waals surface area contributed by atoms with Crippen molar-refractivity contribution in [3.05, 3.63) is 24.3 Å². The van der Waals surface area contributed by atoms with Crippen molar-refractivity contribution in [1.29, 1.82) is 0 Å². The number of nitrogens with zero attached hydrogens (tertiary/aromatic N) is 1. The van der Waals surface area contributed by atoms with Gasteiger partial charge in [0.2, 0.25) is 10.0 Å². The van der Waals surface area contributed by atoms with Crippen LogP contribution in [0.5, 0.6) is 5.75 Å². The summed E-state index contributed by atoms with van der Waals surface area (Å²) < 4.78 is 31.7. The van der Waals surface area contributed by atoms with Gasteiger partial charge in [0.1, 0.15) is 12.4 Å². The van der Waals surface area contributed by atoms with Gasteiger partial charge in [0.05, 0.1) is 10.8 Å². The molecule has 0 fully saturated rings. The molecule has 0 bridgehead atoms. The van der Waals surface area contributed by atoms with Crippen molar-refractivity contribution in [2.24, 2.45) is 0 Å². The Morgan fingerprint density at radius 1 is 1.20 bits per heavy atom. The molecule has 0 spiro atoms. The van der Waals surface area contributed by atoms with Gasteiger partial charge in [-0.1, -0.05) is 13.8 Å². The summed E-state index contributed by atoms with van der Waals surface area (Å²) in [4.78, 5) is 0.283. The normalized spacial score (nSPS) is 12.1. The van der Waals surface area contributed by atoms with E-state index < -0.39 is 10.0 Å². The molecule has 0 aliphatic heterocycles. The number of sulfonamides is 1. The predicted octanol–water partition coefficient (Wildman–Crippen LogP) is 3.11. The van der Waals surface area contributed by atoms with E-state index in [1.54, 1.807) is 31.3 Å². The van der Waals surface area contributed by atoms with Crippen molar-refractivity contribution < 1.29 is 13.2 Å². The lowest BCUT2D eigenvalue weighted by Crippen LogP contribution is -2.36. The van der Waals surface area contributed by atoms with Crippen LogP contribution in [0.3, 0.4) is 0 Å². The monoisotopic (exact) mass is 319 g/mol. The second-order valence-corrected chi connectivity index (χ2v) is 6.88. The van der Waals surface area contributed by atoms with Crippen LogP contribution in [0.1, 0.15) is 26.7 Å². The van der Waals surface area contributed by atoms with E-state index in [9.17, 15) is 8.42 Å². The third-order valence-electron chi connectivity index (χ3n) is 3.30. The number of hydrogen-bond acceptors (Lipinski definition) is 3.